The molecule has 0 heterocycles. The molecule has 0 bridgehead atoms. The normalized spacial score (nSPS) is 9.90. The second kappa shape index (κ2) is 7.17. The smallest absolute Gasteiger partial charge is 0.175 e. The van der Waals surface area contributed by atoms with Gasteiger partial charge in [0.2, 0.25) is 0 Å². The number of ether oxygens (including phenoxy) is 1. The van der Waals surface area contributed by atoms with Crippen molar-refractivity contribution in [3.05, 3.63) is 48.5 Å². The minimum absolute atomic E-state index is 0.552. The van der Waals surface area contributed by atoms with Crippen LogP contribution < -0.4 is 15.4 Å². The molecule has 0 radical (unpaired) electrons. The highest BCUT2D eigenvalue weighted by Crippen LogP contribution is 2.20. The highest BCUT2D eigenvalue weighted by Gasteiger charge is 2.01. The monoisotopic (exact) mass is 304 g/mol. The van der Waals surface area contributed by atoms with Crippen molar-refractivity contribution in [1.82, 2.24) is 0 Å². The predicted octanol–water partition coefficient (Wildman–Crippen LogP) is 4.23. The third-order valence-corrected chi connectivity index (χ3v) is 3.58. The Morgan fingerprint density at radius 3 is 2.35 bits per heavy atom. The van der Waals surface area contributed by atoms with Crippen molar-refractivity contribution in [2.24, 2.45) is 0 Å². The van der Waals surface area contributed by atoms with Crippen molar-refractivity contribution in [3.8, 4) is 5.75 Å². The molecular formula is C15H16N2OS2. The maximum absolute atomic E-state index is 5.31. The molecule has 0 unspecified atom stereocenters. The molecule has 0 atom stereocenters. The summed E-state index contributed by atoms with van der Waals surface area (Å²) in [6.45, 7) is 0. The minimum Gasteiger partial charge on any atom is -0.497 e. The number of nitrogens with one attached hydrogen (secondary N) is 2. The summed E-state index contributed by atoms with van der Waals surface area (Å²) in [6.07, 6.45) is 2.05. The first-order valence-electron chi connectivity index (χ1n) is 6.07. The molecule has 0 saturated heterocycles. The summed E-state index contributed by atoms with van der Waals surface area (Å²) in [6, 6.07) is 15.8. The molecule has 2 rings (SSSR count). The molecule has 0 aliphatic rings. The van der Waals surface area contributed by atoms with E-state index in [1.807, 2.05) is 42.7 Å². The van der Waals surface area contributed by atoms with E-state index in [-0.39, 0.29) is 0 Å². The number of hydrogen-bond donors (Lipinski definition) is 2. The summed E-state index contributed by atoms with van der Waals surface area (Å²) in [4.78, 5) is 1.19. The molecule has 0 fully saturated rings. The van der Waals surface area contributed by atoms with Gasteiger partial charge in [-0.05, 0) is 48.8 Å². The Morgan fingerprint density at radius 1 is 1.05 bits per heavy atom. The van der Waals surface area contributed by atoms with Crippen molar-refractivity contribution in [1.29, 1.82) is 0 Å². The second-order valence-corrected chi connectivity index (χ2v) is 5.33. The van der Waals surface area contributed by atoms with Crippen LogP contribution in [0.4, 0.5) is 11.4 Å². The zero-order valence-electron chi connectivity index (χ0n) is 11.3. The lowest BCUT2D eigenvalue weighted by Gasteiger charge is -2.12. The highest BCUT2D eigenvalue weighted by molar-refractivity contribution is 7.98. The third-order valence-electron chi connectivity index (χ3n) is 2.66. The largest absolute Gasteiger partial charge is 0.497 e. The first kappa shape index (κ1) is 14.7. The average Bonchev–Trinajstić information content (AvgIpc) is 2.47. The lowest BCUT2D eigenvalue weighted by molar-refractivity contribution is 0.415. The summed E-state index contributed by atoms with van der Waals surface area (Å²) in [5.74, 6) is 0.794. The van der Waals surface area contributed by atoms with Crippen molar-refractivity contribution in [3.63, 3.8) is 0 Å². The van der Waals surface area contributed by atoms with Gasteiger partial charge in [0.05, 0.1) is 7.11 Å². The van der Waals surface area contributed by atoms with Gasteiger partial charge in [-0.15, -0.1) is 11.8 Å². The summed E-state index contributed by atoms with van der Waals surface area (Å²) < 4.78 is 5.18. The van der Waals surface area contributed by atoms with Crippen molar-refractivity contribution in [2.45, 2.75) is 4.90 Å². The summed E-state index contributed by atoms with van der Waals surface area (Å²) in [5.41, 5.74) is 1.86. The van der Waals surface area contributed by atoms with Gasteiger partial charge in [0.25, 0.3) is 0 Å². The van der Waals surface area contributed by atoms with Crippen LogP contribution in [-0.2, 0) is 0 Å². The van der Waals surface area contributed by atoms with Crippen LogP contribution in [0, 0.1) is 0 Å². The number of thioether (sulfide) groups is 1. The minimum atomic E-state index is 0.552. The topological polar surface area (TPSA) is 33.3 Å². The Labute approximate surface area is 128 Å². The van der Waals surface area contributed by atoms with Gasteiger partial charge < -0.3 is 15.4 Å². The molecule has 0 aromatic heterocycles. The first-order valence-corrected chi connectivity index (χ1v) is 7.70. The fourth-order valence-corrected chi connectivity index (χ4v) is 2.39. The van der Waals surface area contributed by atoms with E-state index in [4.69, 9.17) is 17.0 Å². The van der Waals surface area contributed by atoms with Crippen molar-refractivity contribution in [2.75, 3.05) is 24.0 Å². The Hall–Kier alpha value is -1.72. The summed E-state index contributed by atoms with van der Waals surface area (Å²) >= 11 is 7.01. The fraction of sp³-hybridized carbons (Fsp3) is 0.133. The van der Waals surface area contributed by atoms with Crippen LogP contribution in [0.3, 0.4) is 0 Å². The van der Waals surface area contributed by atoms with E-state index in [0.29, 0.717) is 5.11 Å². The molecule has 3 nitrogen and oxygen atoms in total. The molecule has 0 aliphatic heterocycles. The van der Waals surface area contributed by atoms with Gasteiger partial charge in [0.15, 0.2) is 5.11 Å². The zero-order chi connectivity index (χ0) is 14.4. The summed E-state index contributed by atoms with van der Waals surface area (Å²) in [7, 11) is 1.64. The molecule has 2 aromatic rings. The molecule has 2 aromatic carbocycles. The van der Waals surface area contributed by atoms with Crippen LogP contribution in [0.15, 0.2) is 53.4 Å². The maximum atomic E-state index is 5.31. The molecule has 0 aliphatic carbocycles. The first-order chi connectivity index (χ1) is 9.71. The molecule has 2 N–H and O–H groups in total. The quantitative estimate of drug-likeness (QED) is 0.652. The Kier molecular flexibility index (Phi) is 5.26. The molecule has 20 heavy (non-hydrogen) atoms. The highest BCUT2D eigenvalue weighted by atomic mass is 32.2. The molecular weight excluding hydrogens is 288 g/mol. The van der Waals surface area contributed by atoms with E-state index in [0.717, 1.165) is 17.1 Å². The van der Waals surface area contributed by atoms with Crippen LogP contribution in [0.2, 0.25) is 0 Å². The number of benzene rings is 2. The molecule has 5 heteroatoms. The SMILES string of the molecule is COc1cccc(NC(=S)Nc2cccc(SC)c2)c1. The van der Waals surface area contributed by atoms with Crippen LogP contribution in [0.25, 0.3) is 0 Å². The number of methoxy groups -OCH3 is 1. The van der Waals surface area contributed by atoms with Crippen LogP contribution in [0.1, 0.15) is 0 Å². The Bertz CT molecular complexity index is 550. The van der Waals surface area contributed by atoms with Crippen LogP contribution in [-0.4, -0.2) is 18.5 Å². The zero-order valence-corrected chi connectivity index (χ0v) is 13.0. The van der Waals surface area contributed by atoms with Gasteiger partial charge in [-0.2, -0.15) is 0 Å². The van der Waals surface area contributed by atoms with Crippen LogP contribution >= 0.6 is 24.0 Å². The number of thiocarbonyl (C=S) groups is 1. The van der Waals surface area contributed by atoms with E-state index >= 15 is 0 Å². The molecule has 0 saturated carbocycles. The average molecular weight is 304 g/mol. The van der Waals surface area contributed by atoms with Gasteiger partial charge >= 0.3 is 0 Å². The van der Waals surface area contributed by atoms with Gasteiger partial charge in [0, 0.05) is 22.3 Å². The standard InChI is InChI=1S/C15H16N2OS2/c1-18-13-7-3-5-11(9-13)16-15(19)17-12-6-4-8-14(10-12)20-2/h3-10H,1-2H3,(H2,16,17,19). The molecule has 104 valence electrons. The van der Waals surface area contributed by atoms with E-state index < -0.39 is 0 Å². The van der Waals surface area contributed by atoms with E-state index in [2.05, 4.69) is 22.8 Å². The molecule has 0 spiro atoms. The van der Waals surface area contributed by atoms with Gasteiger partial charge in [-0.25, -0.2) is 0 Å². The number of anilines is 2. The third kappa shape index (κ3) is 4.15. The van der Waals surface area contributed by atoms with Gasteiger partial charge in [-0.1, -0.05) is 12.1 Å². The van der Waals surface area contributed by atoms with Crippen LogP contribution in [0.5, 0.6) is 5.75 Å². The Morgan fingerprint density at radius 2 is 1.70 bits per heavy atom. The van der Waals surface area contributed by atoms with E-state index in [1.165, 1.54) is 4.90 Å². The van der Waals surface area contributed by atoms with Crippen molar-refractivity contribution >= 4 is 40.5 Å². The lowest BCUT2D eigenvalue weighted by atomic mass is 10.3. The van der Waals surface area contributed by atoms with Gasteiger partial charge in [-0.3, -0.25) is 0 Å². The maximum Gasteiger partial charge on any atom is 0.175 e. The Balaban J connectivity index is 2.01. The molecule has 0 amide bonds. The number of rotatable bonds is 4. The van der Waals surface area contributed by atoms with Gasteiger partial charge in [0.1, 0.15) is 5.75 Å². The lowest BCUT2D eigenvalue weighted by Crippen LogP contribution is -2.19. The predicted molar refractivity (Wildman–Crippen MR) is 91.1 cm³/mol. The number of hydrogen-bond acceptors (Lipinski definition) is 3. The fourth-order valence-electron chi connectivity index (χ4n) is 1.70. The summed E-state index contributed by atoms with van der Waals surface area (Å²) in [5, 5.41) is 6.86. The van der Waals surface area contributed by atoms with Crippen molar-refractivity contribution < 1.29 is 4.74 Å². The van der Waals surface area contributed by atoms with E-state index in [9.17, 15) is 0 Å². The second-order valence-electron chi connectivity index (χ2n) is 4.04. The van der Waals surface area contributed by atoms with E-state index in [1.54, 1.807) is 18.9 Å².